The molecule has 0 saturated heterocycles. The molecule has 2 N–H and O–H groups in total. The number of carboxylic acid groups (broad SMARTS) is 1. The van der Waals surface area contributed by atoms with Gasteiger partial charge in [0.2, 0.25) is 0 Å². The predicted molar refractivity (Wildman–Crippen MR) is 82.9 cm³/mol. The lowest BCUT2D eigenvalue weighted by atomic mass is 9.97. The average molecular weight is 305 g/mol. The molecular weight excluding hydrogens is 282 g/mol. The van der Waals surface area contributed by atoms with Crippen molar-refractivity contribution >= 4 is 12.1 Å². The Kier molecular flexibility index (Phi) is 4.74. The van der Waals surface area contributed by atoms with E-state index in [4.69, 9.17) is 4.74 Å². The van der Waals surface area contributed by atoms with E-state index in [1.807, 2.05) is 24.3 Å². The number of carbonyl (C=O) groups excluding carboxylic acids is 1. The second-order valence-electron chi connectivity index (χ2n) is 6.71. The van der Waals surface area contributed by atoms with E-state index in [0.29, 0.717) is 5.92 Å². The second kappa shape index (κ2) is 6.38. The van der Waals surface area contributed by atoms with Gasteiger partial charge in [-0.15, -0.1) is 0 Å². The molecule has 120 valence electrons. The molecule has 1 amide bonds. The SMILES string of the molecule is CC(C)(C)OC(=O)NC(Cc1ccccc1C1CC1)C(=O)O. The maximum Gasteiger partial charge on any atom is 0.408 e. The summed E-state index contributed by atoms with van der Waals surface area (Å²) in [6, 6.07) is 6.84. The van der Waals surface area contributed by atoms with Crippen molar-refractivity contribution in [3.8, 4) is 0 Å². The average Bonchev–Trinajstić information content (AvgIpc) is 3.20. The van der Waals surface area contributed by atoms with Crippen LogP contribution in [0.5, 0.6) is 0 Å². The molecule has 1 aromatic carbocycles. The van der Waals surface area contributed by atoms with Crippen LogP contribution in [0, 0.1) is 0 Å². The smallest absolute Gasteiger partial charge is 0.408 e. The minimum atomic E-state index is -1.06. The summed E-state index contributed by atoms with van der Waals surface area (Å²) >= 11 is 0. The number of alkyl carbamates (subject to hydrolysis) is 1. The first-order valence-electron chi connectivity index (χ1n) is 7.56. The largest absolute Gasteiger partial charge is 0.480 e. The summed E-state index contributed by atoms with van der Waals surface area (Å²) in [6.45, 7) is 5.22. The number of rotatable bonds is 5. The lowest BCUT2D eigenvalue weighted by molar-refractivity contribution is -0.139. The number of aliphatic carboxylic acids is 1. The van der Waals surface area contributed by atoms with E-state index in [1.165, 1.54) is 5.56 Å². The van der Waals surface area contributed by atoms with Gasteiger partial charge < -0.3 is 15.2 Å². The molecule has 2 rings (SSSR count). The van der Waals surface area contributed by atoms with Gasteiger partial charge in [-0.2, -0.15) is 0 Å². The fourth-order valence-corrected chi connectivity index (χ4v) is 2.38. The maximum atomic E-state index is 11.8. The monoisotopic (exact) mass is 305 g/mol. The Morgan fingerprint density at radius 1 is 1.32 bits per heavy atom. The Labute approximate surface area is 130 Å². The van der Waals surface area contributed by atoms with Gasteiger partial charge in [0, 0.05) is 6.42 Å². The van der Waals surface area contributed by atoms with E-state index in [9.17, 15) is 14.7 Å². The second-order valence-corrected chi connectivity index (χ2v) is 6.71. The minimum absolute atomic E-state index is 0.265. The molecule has 1 aromatic rings. The van der Waals surface area contributed by atoms with Gasteiger partial charge in [0.05, 0.1) is 0 Å². The van der Waals surface area contributed by atoms with Crippen LogP contribution in [-0.4, -0.2) is 28.8 Å². The molecule has 1 unspecified atom stereocenters. The van der Waals surface area contributed by atoms with E-state index in [0.717, 1.165) is 18.4 Å². The Hall–Kier alpha value is -2.04. The van der Waals surface area contributed by atoms with E-state index >= 15 is 0 Å². The van der Waals surface area contributed by atoms with Crippen LogP contribution in [0.2, 0.25) is 0 Å². The van der Waals surface area contributed by atoms with Crippen molar-refractivity contribution < 1.29 is 19.4 Å². The lowest BCUT2D eigenvalue weighted by Gasteiger charge is -2.22. The standard InChI is InChI=1S/C17H23NO4/c1-17(2,3)22-16(21)18-14(15(19)20)10-12-6-4-5-7-13(12)11-8-9-11/h4-7,11,14H,8-10H2,1-3H3,(H,18,21)(H,19,20). The predicted octanol–water partition coefficient (Wildman–Crippen LogP) is 3.08. The van der Waals surface area contributed by atoms with Gasteiger partial charge in [0.15, 0.2) is 0 Å². The highest BCUT2D eigenvalue weighted by molar-refractivity contribution is 5.80. The lowest BCUT2D eigenvalue weighted by Crippen LogP contribution is -2.44. The van der Waals surface area contributed by atoms with Gasteiger partial charge in [-0.1, -0.05) is 24.3 Å². The molecule has 1 aliphatic carbocycles. The number of ether oxygens (including phenoxy) is 1. The number of benzene rings is 1. The maximum absolute atomic E-state index is 11.8. The highest BCUT2D eigenvalue weighted by atomic mass is 16.6. The summed E-state index contributed by atoms with van der Waals surface area (Å²) in [5.74, 6) is -0.524. The van der Waals surface area contributed by atoms with E-state index < -0.39 is 23.7 Å². The number of hydrogen-bond acceptors (Lipinski definition) is 3. The third-order valence-corrected chi connectivity index (χ3v) is 3.49. The van der Waals surface area contributed by atoms with Crippen LogP contribution >= 0.6 is 0 Å². The van der Waals surface area contributed by atoms with Gasteiger partial charge in [-0.25, -0.2) is 9.59 Å². The minimum Gasteiger partial charge on any atom is -0.480 e. The van der Waals surface area contributed by atoms with Crippen LogP contribution in [0.4, 0.5) is 4.79 Å². The molecule has 5 nitrogen and oxygen atoms in total. The quantitative estimate of drug-likeness (QED) is 0.876. The van der Waals surface area contributed by atoms with Crippen LogP contribution in [0.3, 0.4) is 0 Å². The van der Waals surface area contributed by atoms with Crippen molar-refractivity contribution in [2.24, 2.45) is 0 Å². The molecule has 22 heavy (non-hydrogen) atoms. The van der Waals surface area contributed by atoms with Gasteiger partial charge in [-0.3, -0.25) is 0 Å². The van der Waals surface area contributed by atoms with Crippen LogP contribution in [0.25, 0.3) is 0 Å². The van der Waals surface area contributed by atoms with Crippen molar-refractivity contribution in [1.29, 1.82) is 0 Å². The summed E-state index contributed by atoms with van der Waals surface area (Å²) in [6.07, 6.45) is 1.85. The first kappa shape index (κ1) is 16.3. The molecule has 0 aromatic heterocycles. The number of amides is 1. The molecule has 1 saturated carbocycles. The fourth-order valence-electron chi connectivity index (χ4n) is 2.38. The highest BCUT2D eigenvalue weighted by Gasteiger charge is 2.29. The molecule has 0 radical (unpaired) electrons. The van der Waals surface area contributed by atoms with Crippen molar-refractivity contribution in [2.45, 2.75) is 57.6 Å². The van der Waals surface area contributed by atoms with Gasteiger partial charge in [-0.05, 0) is 50.7 Å². The van der Waals surface area contributed by atoms with E-state index in [2.05, 4.69) is 5.32 Å². The van der Waals surface area contributed by atoms with Crippen molar-refractivity contribution in [3.63, 3.8) is 0 Å². The van der Waals surface area contributed by atoms with Crippen LogP contribution in [0.1, 0.15) is 50.7 Å². The third kappa shape index (κ3) is 4.76. The summed E-state index contributed by atoms with van der Waals surface area (Å²) in [7, 11) is 0. The highest BCUT2D eigenvalue weighted by Crippen LogP contribution is 2.41. The van der Waals surface area contributed by atoms with Gasteiger partial charge >= 0.3 is 12.1 Å². The normalized spacial score (nSPS) is 16.0. The first-order valence-corrected chi connectivity index (χ1v) is 7.56. The van der Waals surface area contributed by atoms with Crippen LogP contribution < -0.4 is 5.32 Å². The first-order chi connectivity index (χ1) is 10.3. The topological polar surface area (TPSA) is 75.6 Å². The van der Waals surface area contributed by atoms with Crippen molar-refractivity contribution in [3.05, 3.63) is 35.4 Å². The van der Waals surface area contributed by atoms with Gasteiger partial charge in [0.1, 0.15) is 11.6 Å². The van der Waals surface area contributed by atoms with Crippen LogP contribution in [-0.2, 0) is 16.0 Å². The fraction of sp³-hybridized carbons (Fsp3) is 0.529. The Balaban J connectivity index is 2.06. The van der Waals surface area contributed by atoms with E-state index in [1.54, 1.807) is 20.8 Å². The van der Waals surface area contributed by atoms with Crippen molar-refractivity contribution in [2.75, 3.05) is 0 Å². The summed E-state index contributed by atoms with van der Waals surface area (Å²) in [4.78, 5) is 23.2. The summed E-state index contributed by atoms with van der Waals surface area (Å²) in [5.41, 5.74) is 1.52. The van der Waals surface area contributed by atoms with Crippen molar-refractivity contribution in [1.82, 2.24) is 5.32 Å². The third-order valence-electron chi connectivity index (χ3n) is 3.49. The molecule has 5 heteroatoms. The zero-order valence-corrected chi connectivity index (χ0v) is 13.3. The number of carbonyl (C=O) groups is 2. The molecule has 0 aliphatic heterocycles. The Morgan fingerprint density at radius 3 is 2.50 bits per heavy atom. The molecule has 0 heterocycles. The molecule has 1 atom stereocenters. The number of carboxylic acids is 1. The summed E-state index contributed by atoms with van der Waals surface area (Å²) < 4.78 is 5.13. The Bertz CT molecular complexity index is 558. The molecular formula is C17H23NO4. The number of hydrogen-bond donors (Lipinski definition) is 2. The molecule has 0 spiro atoms. The van der Waals surface area contributed by atoms with Gasteiger partial charge in [0.25, 0.3) is 0 Å². The molecule has 1 fully saturated rings. The Morgan fingerprint density at radius 2 is 1.95 bits per heavy atom. The zero-order valence-electron chi connectivity index (χ0n) is 13.3. The van der Waals surface area contributed by atoms with Crippen LogP contribution in [0.15, 0.2) is 24.3 Å². The molecule has 1 aliphatic rings. The molecule has 0 bridgehead atoms. The number of nitrogens with one attached hydrogen (secondary N) is 1. The zero-order chi connectivity index (χ0) is 16.3. The summed E-state index contributed by atoms with van der Waals surface area (Å²) in [5, 5.41) is 11.8. The van der Waals surface area contributed by atoms with E-state index in [-0.39, 0.29) is 6.42 Å².